The average molecular weight is 353 g/mol. The summed E-state index contributed by atoms with van der Waals surface area (Å²) in [6.45, 7) is 0. The van der Waals surface area contributed by atoms with Gasteiger partial charge in [0.25, 0.3) is 5.91 Å². The molecule has 3 aromatic rings. The van der Waals surface area contributed by atoms with Crippen molar-refractivity contribution in [2.75, 3.05) is 0 Å². The highest BCUT2D eigenvalue weighted by Gasteiger charge is 2.22. The fraction of sp³-hybridized carbons (Fsp3) is 0.105. The van der Waals surface area contributed by atoms with Crippen LogP contribution in [0.2, 0.25) is 0 Å². The number of halogens is 1. The molecule has 0 aliphatic carbocycles. The van der Waals surface area contributed by atoms with Crippen LogP contribution in [0.15, 0.2) is 60.7 Å². The summed E-state index contributed by atoms with van der Waals surface area (Å²) < 4.78 is 13.8. The number of carboxylic acid groups (broad SMARTS) is 1. The van der Waals surface area contributed by atoms with Crippen molar-refractivity contribution in [2.24, 2.45) is 0 Å². The smallest absolute Gasteiger partial charge is 0.326 e. The molecule has 1 atom stereocenters. The van der Waals surface area contributed by atoms with E-state index in [9.17, 15) is 19.1 Å². The first-order chi connectivity index (χ1) is 12.5. The molecule has 0 aliphatic rings. The number of H-pyrrole nitrogens is 1. The number of carbonyl (C=O) groups is 2. The van der Waals surface area contributed by atoms with Crippen molar-refractivity contribution in [3.05, 3.63) is 77.7 Å². The second-order valence-electron chi connectivity index (χ2n) is 5.70. The molecule has 1 amide bonds. The van der Waals surface area contributed by atoms with E-state index in [1.165, 1.54) is 12.1 Å². The van der Waals surface area contributed by atoms with Gasteiger partial charge in [0.2, 0.25) is 0 Å². The summed E-state index contributed by atoms with van der Waals surface area (Å²) in [5.41, 5.74) is 1.37. The summed E-state index contributed by atoms with van der Waals surface area (Å²) in [5.74, 6) is -2.22. The van der Waals surface area contributed by atoms with E-state index in [1.807, 2.05) is 6.07 Å². The molecule has 6 nitrogen and oxygen atoms in total. The Bertz CT molecular complexity index is 925. The number of rotatable bonds is 6. The van der Waals surface area contributed by atoms with Crippen molar-refractivity contribution in [1.29, 1.82) is 0 Å². The van der Waals surface area contributed by atoms with Crippen molar-refractivity contribution < 1.29 is 19.1 Å². The highest BCUT2D eigenvalue weighted by Crippen LogP contribution is 2.20. The van der Waals surface area contributed by atoms with Gasteiger partial charge in [-0.2, -0.15) is 5.10 Å². The number of aromatic amines is 1. The van der Waals surface area contributed by atoms with E-state index in [-0.39, 0.29) is 23.4 Å². The van der Waals surface area contributed by atoms with Crippen molar-refractivity contribution in [3.63, 3.8) is 0 Å². The van der Waals surface area contributed by atoms with Crippen LogP contribution in [0, 0.1) is 5.82 Å². The van der Waals surface area contributed by atoms with Gasteiger partial charge in [0.1, 0.15) is 17.6 Å². The van der Waals surface area contributed by atoms with Crippen LogP contribution < -0.4 is 5.32 Å². The topological polar surface area (TPSA) is 95.1 Å². The normalized spacial score (nSPS) is 11.7. The van der Waals surface area contributed by atoms with Crippen LogP contribution >= 0.6 is 0 Å². The van der Waals surface area contributed by atoms with Crippen LogP contribution in [0.25, 0.3) is 11.3 Å². The monoisotopic (exact) mass is 353 g/mol. The highest BCUT2D eigenvalue weighted by molar-refractivity contribution is 5.95. The molecule has 1 unspecified atom stereocenters. The quantitative estimate of drug-likeness (QED) is 0.635. The number of amides is 1. The van der Waals surface area contributed by atoms with Gasteiger partial charge in [-0.05, 0) is 23.8 Å². The zero-order valence-corrected chi connectivity index (χ0v) is 13.6. The molecule has 3 N–H and O–H groups in total. The molecule has 26 heavy (non-hydrogen) atoms. The Balaban J connectivity index is 1.74. The van der Waals surface area contributed by atoms with Gasteiger partial charge >= 0.3 is 5.97 Å². The van der Waals surface area contributed by atoms with Gasteiger partial charge in [-0.3, -0.25) is 9.89 Å². The van der Waals surface area contributed by atoms with E-state index in [0.29, 0.717) is 0 Å². The standard InChI is InChI=1S/C19H16FN3O3/c20-14-9-5-4-8-13(14)15-11-16(23-22-15)18(24)21-17(19(25)26)10-12-6-2-1-3-7-12/h1-9,11,17H,10H2,(H,21,24)(H,22,23)(H,25,26). The van der Waals surface area contributed by atoms with Crippen LogP contribution in [-0.4, -0.2) is 33.2 Å². The third kappa shape index (κ3) is 3.94. The Morgan fingerprint density at radius 3 is 2.50 bits per heavy atom. The van der Waals surface area contributed by atoms with Crippen LogP contribution in [-0.2, 0) is 11.2 Å². The number of hydrogen-bond acceptors (Lipinski definition) is 3. The maximum absolute atomic E-state index is 13.8. The number of nitrogens with one attached hydrogen (secondary N) is 2. The van der Waals surface area contributed by atoms with Gasteiger partial charge in [0.05, 0.1) is 5.69 Å². The van der Waals surface area contributed by atoms with Gasteiger partial charge in [-0.15, -0.1) is 0 Å². The minimum absolute atomic E-state index is 0.0579. The van der Waals surface area contributed by atoms with Crippen LogP contribution in [0.3, 0.4) is 0 Å². The molecule has 0 spiro atoms. The number of aromatic nitrogens is 2. The molecular weight excluding hydrogens is 337 g/mol. The Labute approximate surface area is 148 Å². The van der Waals surface area contributed by atoms with Gasteiger partial charge < -0.3 is 10.4 Å². The SMILES string of the molecule is O=C(NC(Cc1ccccc1)C(=O)O)c1cc(-c2ccccc2F)n[nH]1. The first-order valence-corrected chi connectivity index (χ1v) is 7.92. The first kappa shape index (κ1) is 17.3. The molecule has 1 aromatic heterocycles. The second kappa shape index (κ2) is 7.60. The van der Waals surface area contributed by atoms with E-state index in [4.69, 9.17) is 0 Å². The van der Waals surface area contributed by atoms with E-state index < -0.39 is 23.7 Å². The first-order valence-electron chi connectivity index (χ1n) is 7.92. The number of carbonyl (C=O) groups excluding carboxylic acids is 1. The molecule has 132 valence electrons. The lowest BCUT2D eigenvalue weighted by molar-refractivity contribution is -0.139. The summed E-state index contributed by atoms with van der Waals surface area (Å²) >= 11 is 0. The van der Waals surface area contributed by atoms with Gasteiger partial charge in [0, 0.05) is 12.0 Å². The lowest BCUT2D eigenvalue weighted by atomic mass is 10.1. The number of benzene rings is 2. The Hall–Kier alpha value is -3.48. The fourth-order valence-corrected chi connectivity index (χ4v) is 2.53. The molecule has 3 rings (SSSR count). The predicted octanol–water partition coefficient (Wildman–Crippen LogP) is 2.64. The molecule has 0 bridgehead atoms. The Morgan fingerprint density at radius 2 is 1.81 bits per heavy atom. The van der Waals surface area contributed by atoms with Crippen molar-refractivity contribution >= 4 is 11.9 Å². The predicted molar refractivity (Wildman–Crippen MR) is 93.0 cm³/mol. The molecule has 0 aliphatic heterocycles. The van der Waals surface area contributed by atoms with Crippen LogP contribution in [0.5, 0.6) is 0 Å². The van der Waals surface area contributed by atoms with Crippen LogP contribution in [0.4, 0.5) is 4.39 Å². The summed E-state index contributed by atoms with van der Waals surface area (Å²) in [6, 6.07) is 15.3. The second-order valence-corrected chi connectivity index (χ2v) is 5.70. The minimum Gasteiger partial charge on any atom is -0.480 e. The average Bonchev–Trinajstić information content (AvgIpc) is 3.12. The van der Waals surface area contributed by atoms with Crippen molar-refractivity contribution in [1.82, 2.24) is 15.5 Å². The maximum Gasteiger partial charge on any atom is 0.326 e. The molecule has 0 saturated carbocycles. The molecule has 7 heteroatoms. The zero-order valence-electron chi connectivity index (χ0n) is 13.6. The molecule has 0 saturated heterocycles. The van der Waals surface area contributed by atoms with E-state index in [1.54, 1.807) is 42.5 Å². The van der Waals surface area contributed by atoms with Gasteiger partial charge in [-0.1, -0.05) is 42.5 Å². The van der Waals surface area contributed by atoms with Gasteiger partial charge in [-0.25, -0.2) is 9.18 Å². The van der Waals surface area contributed by atoms with Crippen molar-refractivity contribution in [2.45, 2.75) is 12.5 Å². The lowest BCUT2D eigenvalue weighted by Crippen LogP contribution is -2.42. The maximum atomic E-state index is 13.8. The summed E-state index contributed by atoms with van der Waals surface area (Å²) in [4.78, 5) is 23.8. The van der Waals surface area contributed by atoms with Crippen LogP contribution in [0.1, 0.15) is 16.1 Å². The molecule has 1 heterocycles. The third-order valence-corrected chi connectivity index (χ3v) is 3.86. The molecule has 2 aromatic carbocycles. The number of aliphatic carboxylic acids is 1. The third-order valence-electron chi connectivity index (χ3n) is 3.86. The Kier molecular flexibility index (Phi) is 5.07. The lowest BCUT2D eigenvalue weighted by Gasteiger charge is -2.13. The number of nitrogens with zero attached hydrogens (tertiary/aromatic N) is 1. The van der Waals surface area contributed by atoms with E-state index in [2.05, 4.69) is 15.5 Å². The molecular formula is C19H16FN3O3. The molecule has 0 radical (unpaired) electrons. The largest absolute Gasteiger partial charge is 0.480 e. The fourth-order valence-electron chi connectivity index (χ4n) is 2.53. The Morgan fingerprint density at radius 1 is 1.12 bits per heavy atom. The van der Waals surface area contributed by atoms with E-state index in [0.717, 1.165) is 5.56 Å². The molecule has 0 fully saturated rings. The number of hydrogen-bond donors (Lipinski definition) is 3. The van der Waals surface area contributed by atoms with Crippen molar-refractivity contribution in [3.8, 4) is 11.3 Å². The summed E-state index contributed by atoms with van der Waals surface area (Å²) in [7, 11) is 0. The zero-order chi connectivity index (χ0) is 18.5. The van der Waals surface area contributed by atoms with E-state index >= 15 is 0 Å². The summed E-state index contributed by atoms with van der Waals surface area (Å²) in [6.07, 6.45) is 0.149. The highest BCUT2D eigenvalue weighted by atomic mass is 19.1. The minimum atomic E-state index is -1.14. The van der Waals surface area contributed by atoms with Gasteiger partial charge in [0.15, 0.2) is 0 Å². The number of carboxylic acids is 1. The summed E-state index contributed by atoms with van der Waals surface area (Å²) in [5, 5.41) is 18.3.